The number of hydrogen-bond donors (Lipinski definition) is 1. The fraction of sp³-hybridized carbons (Fsp3) is 0.588. The highest BCUT2D eigenvalue weighted by atomic mass is 19.1. The molecule has 0 spiro atoms. The first kappa shape index (κ1) is 30.5. The average molecular weight is 580 g/mol. The third-order valence-electron chi connectivity index (χ3n) is 9.41. The van der Waals surface area contributed by atoms with E-state index < -0.39 is 5.97 Å². The number of carboxylic acid groups (broad SMARTS) is 1. The van der Waals surface area contributed by atoms with Crippen LogP contribution in [0.15, 0.2) is 54.6 Å². The molecule has 3 aliphatic rings. The van der Waals surface area contributed by atoms with Crippen molar-refractivity contribution in [2.45, 2.75) is 76.5 Å². The van der Waals surface area contributed by atoms with Crippen molar-refractivity contribution < 1.29 is 23.8 Å². The summed E-state index contributed by atoms with van der Waals surface area (Å²) in [5, 5.41) is 9.64. The maximum atomic E-state index is 13.2. The zero-order valence-electron chi connectivity index (χ0n) is 24.9. The fourth-order valence-electron chi connectivity index (χ4n) is 7.07. The molecule has 2 aromatic carbocycles. The minimum absolute atomic E-state index is 0.130. The van der Waals surface area contributed by atoms with Gasteiger partial charge < -0.3 is 19.6 Å². The smallest absolute Gasteiger partial charge is 0.410 e. The minimum Gasteiger partial charge on any atom is -0.480 e. The molecule has 3 atom stereocenters. The van der Waals surface area contributed by atoms with E-state index in [0.717, 1.165) is 63.8 Å². The molecule has 2 aromatic rings. The zero-order valence-corrected chi connectivity index (χ0v) is 24.9. The second-order valence-corrected chi connectivity index (χ2v) is 12.6. The summed E-state index contributed by atoms with van der Waals surface area (Å²) in [5.41, 5.74) is 2.14. The van der Waals surface area contributed by atoms with Crippen molar-refractivity contribution in [1.82, 2.24) is 14.7 Å². The second kappa shape index (κ2) is 14.5. The van der Waals surface area contributed by atoms with Crippen molar-refractivity contribution in [1.29, 1.82) is 0 Å². The molecule has 0 radical (unpaired) electrons. The van der Waals surface area contributed by atoms with Crippen molar-refractivity contribution in [3.05, 3.63) is 71.5 Å². The summed E-state index contributed by atoms with van der Waals surface area (Å²) in [6.07, 6.45) is 6.86. The normalized spacial score (nSPS) is 23.3. The molecule has 2 aliphatic carbocycles. The van der Waals surface area contributed by atoms with Gasteiger partial charge in [0.2, 0.25) is 0 Å². The zero-order chi connectivity index (χ0) is 29.5. The second-order valence-electron chi connectivity index (χ2n) is 12.6. The van der Waals surface area contributed by atoms with E-state index in [0.29, 0.717) is 30.3 Å². The van der Waals surface area contributed by atoms with Crippen LogP contribution in [-0.2, 0) is 16.1 Å². The third kappa shape index (κ3) is 8.32. The number of ether oxygens (including phenoxy) is 1. The highest BCUT2D eigenvalue weighted by molar-refractivity contribution is 5.69. The van der Waals surface area contributed by atoms with Gasteiger partial charge in [0.1, 0.15) is 12.4 Å². The molecule has 2 saturated carbocycles. The van der Waals surface area contributed by atoms with Gasteiger partial charge in [-0.25, -0.2) is 9.18 Å². The Balaban J connectivity index is 1.18. The molecule has 1 amide bonds. The lowest BCUT2D eigenvalue weighted by Crippen LogP contribution is -2.48. The lowest BCUT2D eigenvalue weighted by Gasteiger charge is -2.39. The van der Waals surface area contributed by atoms with Gasteiger partial charge in [-0.2, -0.15) is 0 Å². The van der Waals surface area contributed by atoms with Crippen LogP contribution in [0.25, 0.3) is 0 Å². The van der Waals surface area contributed by atoms with Gasteiger partial charge in [-0.15, -0.1) is 0 Å². The van der Waals surface area contributed by atoms with Gasteiger partial charge in [-0.05, 0) is 86.0 Å². The van der Waals surface area contributed by atoms with Crippen LogP contribution < -0.4 is 0 Å². The van der Waals surface area contributed by atoms with Crippen LogP contribution in [0.4, 0.5) is 9.18 Å². The molecule has 0 bridgehead atoms. The van der Waals surface area contributed by atoms with Crippen LogP contribution in [-0.4, -0.2) is 83.2 Å². The summed E-state index contributed by atoms with van der Waals surface area (Å²) in [7, 11) is 0. The number of hydrogen-bond acceptors (Lipinski definition) is 5. The number of amides is 1. The maximum Gasteiger partial charge on any atom is 0.410 e. The van der Waals surface area contributed by atoms with E-state index >= 15 is 0 Å². The fourth-order valence-corrected chi connectivity index (χ4v) is 7.07. The Morgan fingerprint density at radius 3 is 2.33 bits per heavy atom. The standard InChI is InChI=1S/C34H46FN3O4/c1-2-16-38(34(41)42-24-26-10-12-29(35)13-11-26)30-14-17-36(18-15-30)22-28-19-31(20-32(28)27-6-4-3-5-7-27)37(23-33(39)40)21-25-8-9-25/h3-7,10-13,25,28,30-32H,2,8-9,14-24H2,1H3,(H,39,40)/t28-,31?,32-/m1/s1. The summed E-state index contributed by atoms with van der Waals surface area (Å²) in [4.78, 5) is 31.5. The van der Waals surface area contributed by atoms with Crippen LogP contribution in [0.2, 0.25) is 0 Å². The van der Waals surface area contributed by atoms with Gasteiger partial charge in [0.25, 0.3) is 0 Å². The molecule has 1 N–H and O–H groups in total. The van der Waals surface area contributed by atoms with E-state index in [1.165, 1.54) is 30.5 Å². The minimum atomic E-state index is -0.731. The van der Waals surface area contributed by atoms with Crippen molar-refractivity contribution >= 4 is 12.1 Å². The molecule has 1 saturated heterocycles. The van der Waals surface area contributed by atoms with E-state index in [9.17, 15) is 19.1 Å². The molecule has 1 unspecified atom stereocenters. The van der Waals surface area contributed by atoms with Crippen LogP contribution in [0, 0.1) is 17.7 Å². The van der Waals surface area contributed by atoms with Crippen molar-refractivity contribution in [3.63, 3.8) is 0 Å². The highest BCUT2D eigenvalue weighted by Gasteiger charge is 2.41. The Bertz CT molecular complexity index is 1150. The van der Waals surface area contributed by atoms with E-state index in [1.54, 1.807) is 12.1 Å². The maximum absolute atomic E-state index is 13.2. The molecule has 0 aromatic heterocycles. The Morgan fingerprint density at radius 2 is 1.69 bits per heavy atom. The van der Waals surface area contributed by atoms with Gasteiger partial charge in [0, 0.05) is 44.8 Å². The van der Waals surface area contributed by atoms with Crippen LogP contribution in [0.1, 0.15) is 68.9 Å². The number of halogens is 1. The Kier molecular flexibility index (Phi) is 10.5. The first-order valence-corrected chi connectivity index (χ1v) is 15.8. The van der Waals surface area contributed by atoms with Gasteiger partial charge in [-0.1, -0.05) is 49.4 Å². The topological polar surface area (TPSA) is 73.3 Å². The molecular weight excluding hydrogens is 533 g/mol. The predicted molar refractivity (Wildman–Crippen MR) is 161 cm³/mol. The predicted octanol–water partition coefficient (Wildman–Crippen LogP) is 6.00. The number of carboxylic acids is 1. The van der Waals surface area contributed by atoms with Crippen LogP contribution in [0.3, 0.4) is 0 Å². The molecule has 1 aliphatic heterocycles. The van der Waals surface area contributed by atoms with Crippen LogP contribution in [0.5, 0.6) is 0 Å². The SMILES string of the molecule is CCCN(C(=O)OCc1ccc(F)cc1)C1CCN(C[C@H]2CC(N(CC(=O)O)CC3CC3)C[C@@H]2c2ccccc2)CC1. The number of benzene rings is 2. The summed E-state index contributed by atoms with van der Waals surface area (Å²) < 4.78 is 18.9. The van der Waals surface area contributed by atoms with E-state index in [-0.39, 0.29) is 31.1 Å². The number of aliphatic carboxylic acids is 1. The summed E-state index contributed by atoms with van der Waals surface area (Å²) in [6.45, 7) is 6.77. The number of piperidine rings is 1. The lowest BCUT2D eigenvalue weighted by atomic mass is 9.88. The number of carbonyl (C=O) groups excluding carboxylic acids is 1. The van der Waals surface area contributed by atoms with Gasteiger partial charge >= 0.3 is 12.1 Å². The first-order chi connectivity index (χ1) is 20.4. The molecule has 3 fully saturated rings. The van der Waals surface area contributed by atoms with Gasteiger partial charge in [0.15, 0.2) is 0 Å². The Morgan fingerprint density at radius 1 is 0.976 bits per heavy atom. The molecule has 42 heavy (non-hydrogen) atoms. The van der Waals surface area contributed by atoms with E-state index in [2.05, 4.69) is 47.1 Å². The quantitative estimate of drug-likeness (QED) is 0.314. The van der Waals surface area contributed by atoms with E-state index in [4.69, 9.17) is 4.74 Å². The number of nitrogens with zero attached hydrogens (tertiary/aromatic N) is 3. The third-order valence-corrected chi connectivity index (χ3v) is 9.41. The van der Waals surface area contributed by atoms with Gasteiger partial charge in [0.05, 0.1) is 6.54 Å². The summed E-state index contributed by atoms with van der Waals surface area (Å²) in [6, 6.07) is 17.3. The van der Waals surface area contributed by atoms with Crippen molar-refractivity contribution in [2.75, 3.05) is 39.3 Å². The Hall–Kier alpha value is -2.97. The van der Waals surface area contributed by atoms with Crippen molar-refractivity contribution in [2.24, 2.45) is 11.8 Å². The molecule has 8 heteroatoms. The molecule has 7 nitrogen and oxygen atoms in total. The summed E-state index contributed by atoms with van der Waals surface area (Å²) >= 11 is 0. The Labute approximate surface area is 249 Å². The largest absolute Gasteiger partial charge is 0.480 e. The molecule has 5 rings (SSSR count). The first-order valence-electron chi connectivity index (χ1n) is 15.8. The number of carbonyl (C=O) groups is 2. The van der Waals surface area contributed by atoms with Crippen LogP contribution >= 0.6 is 0 Å². The summed E-state index contributed by atoms with van der Waals surface area (Å²) in [5.74, 6) is 0.513. The average Bonchev–Trinajstić information content (AvgIpc) is 3.72. The monoisotopic (exact) mass is 579 g/mol. The van der Waals surface area contributed by atoms with Crippen molar-refractivity contribution in [3.8, 4) is 0 Å². The highest BCUT2D eigenvalue weighted by Crippen LogP contribution is 2.43. The molecular formula is C34H46FN3O4. The number of likely N-dealkylation sites (tertiary alicyclic amines) is 1. The molecule has 228 valence electrons. The lowest BCUT2D eigenvalue weighted by molar-refractivity contribution is -0.139. The molecule has 1 heterocycles. The van der Waals surface area contributed by atoms with Gasteiger partial charge in [-0.3, -0.25) is 9.69 Å². The number of rotatable bonds is 13. The van der Waals surface area contributed by atoms with E-state index in [1.807, 2.05) is 4.90 Å².